The van der Waals surface area contributed by atoms with Gasteiger partial charge in [0.25, 0.3) is 0 Å². The van der Waals surface area contributed by atoms with E-state index in [4.69, 9.17) is 28.1 Å². The zero-order valence-electron chi connectivity index (χ0n) is 22.9. The lowest BCUT2D eigenvalue weighted by Crippen LogP contribution is -2.64. The number of methoxy groups -OCH3 is 1. The lowest BCUT2D eigenvalue weighted by molar-refractivity contribution is -0.354. The minimum absolute atomic E-state index is 0.0691. The van der Waals surface area contributed by atoms with Gasteiger partial charge in [0, 0.05) is 23.8 Å². The molecule has 10 atom stereocenters. The average molecular weight is 609 g/mol. The summed E-state index contributed by atoms with van der Waals surface area (Å²) in [7, 11) is 1.35. The Morgan fingerprint density at radius 1 is 0.837 bits per heavy atom. The van der Waals surface area contributed by atoms with Crippen LogP contribution in [0.4, 0.5) is 0 Å². The highest BCUT2D eigenvalue weighted by molar-refractivity contribution is 5.86. The molecule has 0 bridgehead atoms. The fourth-order valence-corrected chi connectivity index (χ4v) is 5.00. The van der Waals surface area contributed by atoms with Gasteiger partial charge in [-0.15, -0.1) is 0 Å². The summed E-state index contributed by atoms with van der Waals surface area (Å²) >= 11 is 0. The molecular weight excluding hydrogens is 576 g/mol. The fraction of sp³-hybridized carbons (Fsp3) is 0.464. The maximum absolute atomic E-state index is 12.9. The van der Waals surface area contributed by atoms with Gasteiger partial charge < -0.3 is 69.0 Å². The fourth-order valence-electron chi connectivity index (χ4n) is 5.00. The van der Waals surface area contributed by atoms with Gasteiger partial charge in [-0.1, -0.05) is 0 Å². The van der Waals surface area contributed by atoms with E-state index in [2.05, 4.69) is 0 Å². The molecule has 15 nitrogen and oxygen atoms in total. The predicted molar refractivity (Wildman–Crippen MR) is 143 cm³/mol. The lowest BCUT2D eigenvalue weighted by Gasteiger charge is -2.45. The number of aromatic hydroxyl groups is 2. The summed E-state index contributed by atoms with van der Waals surface area (Å²) in [5.41, 5.74) is -0.340. The van der Waals surface area contributed by atoms with E-state index < -0.39 is 79.2 Å². The summed E-state index contributed by atoms with van der Waals surface area (Å²) in [6.45, 7) is 0.690. The van der Waals surface area contributed by atoms with Crippen LogP contribution >= 0.6 is 0 Å². The van der Waals surface area contributed by atoms with E-state index in [1.54, 1.807) is 0 Å². The first-order chi connectivity index (χ1) is 20.4. The summed E-state index contributed by atoms with van der Waals surface area (Å²) < 4.78 is 33.6. The highest BCUT2D eigenvalue weighted by atomic mass is 16.8. The van der Waals surface area contributed by atoms with E-state index in [0.717, 1.165) is 12.1 Å². The molecule has 3 heterocycles. The molecule has 0 amide bonds. The Kier molecular flexibility index (Phi) is 8.80. The smallest absolute Gasteiger partial charge is 0.229 e. The molecule has 0 unspecified atom stereocenters. The number of aliphatic hydroxyl groups excluding tert-OH is 6. The molecular formula is C28H32O15. The summed E-state index contributed by atoms with van der Waals surface area (Å²) in [5.74, 6) is -0.614. The number of phenolic OH excluding ortho intramolecular Hbond substituents is 2. The molecule has 43 heavy (non-hydrogen) atoms. The van der Waals surface area contributed by atoms with Crippen molar-refractivity contribution < 1.29 is 69.0 Å². The van der Waals surface area contributed by atoms with E-state index in [-0.39, 0.29) is 34.0 Å². The molecule has 3 aromatic rings. The van der Waals surface area contributed by atoms with Crippen LogP contribution in [0.5, 0.6) is 23.0 Å². The van der Waals surface area contributed by atoms with Gasteiger partial charge in [0.05, 0.1) is 19.8 Å². The van der Waals surface area contributed by atoms with Crippen molar-refractivity contribution in [3.05, 3.63) is 46.6 Å². The molecule has 5 rings (SSSR count). The van der Waals surface area contributed by atoms with Gasteiger partial charge in [0.1, 0.15) is 64.9 Å². The number of aliphatic hydroxyl groups is 6. The van der Waals surface area contributed by atoms with Crippen LogP contribution in [0.1, 0.15) is 6.92 Å². The number of hydrogen-bond donors (Lipinski definition) is 8. The molecule has 2 fully saturated rings. The van der Waals surface area contributed by atoms with Crippen LogP contribution in [0.25, 0.3) is 22.3 Å². The first kappa shape index (κ1) is 30.9. The monoisotopic (exact) mass is 608 g/mol. The van der Waals surface area contributed by atoms with Crippen molar-refractivity contribution in [3.8, 4) is 34.3 Å². The molecule has 2 aliphatic rings. The lowest BCUT2D eigenvalue weighted by atomic mass is 9.97. The molecule has 2 saturated heterocycles. The van der Waals surface area contributed by atoms with Gasteiger partial charge in [-0.2, -0.15) is 0 Å². The van der Waals surface area contributed by atoms with Crippen molar-refractivity contribution in [2.45, 2.75) is 68.3 Å². The standard InChI is InChI=1S/C28H32O15/c1-10-21(33)23(35)25(37)27(39-10)43-26-24(36)22(34)19(9-29)42-28(26)40-12-6-14(31)20-15(32)8-16(41-18(20)7-12)11-3-4-13(30)17(5-11)38-2/h3-8,10,19,21-31,33-37H,9H2,1-2H3/t10-,19+,21-,22-,23+,24-,25+,26+,27-,28+/m0/s1. The number of rotatable bonds is 7. The van der Waals surface area contributed by atoms with Crippen LogP contribution in [-0.2, 0) is 14.2 Å². The van der Waals surface area contributed by atoms with Crippen LogP contribution in [0, 0.1) is 0 Å². The summed E-state index contributed by atoms with van der Waals surface area (Å²) in [5, 5.41) is 82.0. The largest absolute Gasteiger partial charge is 0.507 e. The summed E-state index contributed by atoms with van der Waals surface area (Å²) in [6.07, 6.45) is -15.4. The van der Waals surface area contributed by atoms with Crippen LogP contribution in [0.15, 0.2) is 45.6 Å². The topological polar surface area (TPSA) is 238 Å². The third kappa shape index (κ3) is 5.86. The van der Waals surface area contributed by atoms with Crippen molar-refractivity contribution in [1.82, 2.24) is 0 Å². The molecule has 2 aromatic carbocycles. The average Bonchev–Trinajstić information content (AvgIpc) is 2.97. The molecule has 0 radical (unpaired) electrons. The molecule has 2 aliphatic heterocycles. The zero-order chi connectivity index (χ0) is 31.2. The van der Waals surface area contributed by atoms with Gasteiger partial charge in [-0.05, 0) is 25.1 Å². The number of fused-ring (bicyclic) bond motifs is 1. The molecule has 0 spiro atoms. The third-order valence-electron chi connectivity index (χ3n) is 7.42. The predicted octanol–water partition coefficient (Wildman–Crippen LogP) is -1.09. The second kappa shape index (κ2) is 12.2. The van der Waals surface area contributed by atoms with E-state index in [1.165, 1.54) is 38.3 Å². The van der Waals surface area contributed by atoms with Crippen molar-refractivity contribution in [2.24, 2.45) is 0 Å². The van der Waals surface area contributed by atoms with Crippen molar-refractivity contribution >= 4 is 11.0 Å². The van der Waals surface area contributed by atoms with E-state index in [0.29, 0.717) is 5.56 Å². The number of benzene rings is 2. The van der Waals surface area contributed by atoms with Gasteiger partial charge in [0.2, 0.25) is 6.29 Å². The Labute approximate surface area is 243 Å². The van der Waals surface area contributed by atoms with Crippen molar-refractivity contribution in [3.63, 3.8) is 0 Å². The first-order valence-electron chi connectivity index (χ1n) is 13.3. The van der Waals surface area contributed by atoms with Crippen LogP contribution in [0.2, 0.25) is 0 Å². The second-order valence-corrected chi connectivity index (χ2v) is 10.3. The molecule has 234 valence electrons. The Morgan fingerprint density at radius 2 is 1.58 bits per heavy atom. The zero-order valence-corrected chi connectivity index (χ0v) is 22.9. The number of phenols is 2. The van der Waals surface area contributed by atoms with Gasteiger partial charge in [-0.25, -0.2) is 0 Å². The van der Waals surface area contributed by atoms with Crippen LogP contribution in [-0.4, -0.2) is 116 Å². The summed E-state index contributed by atoms with van der Waals surface area (Å²) in [6, 6.07) is 7.74. The van der Waals surface area contributed by atoms with Crippen molar-refractivity contribution in [2.75, 3.05) is 13.7 Å². The molecule has 0 aliphatic carbocycles. The number of hydrogen-bond acceptors (Lipinski definition) is 15. The van der Waals surface area contributed by atoms with Gasteiger partial charge in [-0.3, -0.25) is 4.79 Å². The van der Waals surface area contributed by atoms with E-state index in [9.17, 15) is 45.6 Å². The molecule has 15 heteroatoms. The SMILES string of the molecule is COc1cc(-c2cc(=O)c3c(O)cc(O[C@@H]4O[C@H](CO)[C@H](O)[C@H](O)[C@H]4O[C@@H]4O[C@@H](C)[C@H](O)[C@@H](O)[C@H]4O)cc3o2)ccc1O. The molecule has 1 aromatic heterocycles. The Bertz CT molecular complexity index is 1510. The quantitative estimate of drug-likeness (QED) is 0.159. The Morgan fingerprint density at radius 3 is 2.28 bits per heavy atom. The second-order valence-electron chi connectivity index (χ2n) is 10.3. The van der Waals surface area contributed by atoms with Crippen LogP contribution in [0.3, 0.4) is 0 Å². The maximum atomic E-state index is 12.9. The van der Waals surface area contributed by atoms with E-state index in [1.807, 2.05) is 0 Å². The molecule has 8 N–H and O–H groups in total. The molecule has 0 saturated carbocycles. The highest BCUT2D eigenvalue weighted by Crippen LogP contribution is 2.36. The van der Waals surface area contributed by atoms with E-state index >= 15 is 0 Å². The van der Waals surface area contributed by atoms with Crippen molar-refractivity contribution in [1.29, 1.82) is 0 Å². The van der Waals surface area contributed by atoms with Gasteiger partial charge >= 0.3 is 0 Å². The normalized spacial score (nSPS) is 32.9. The maximum Gasteiger partial charge on any atom is 0.229 e. The number of ether oxygens (including phenoxy) is 5. The summed E-state index contributed by atoms with van der Waals surface area (Å²) in [4.78, 5) is 12.9. The minimum Gasteiger partial charge on any atom is -0.507 e. The van der Waals surface area contributed by atoms with Gasteiger partial charge in [0.15, 0.2) is 29.3 Å². The first-order valence-corrected chi connectivity index (χ1v) is 13.3. The van der Waals surface area contributed by atoms with Crippen LogP contribution < -0.4 is 14.9 Å². The Hall–Kier alpha value is -3.51. The third-order valence-corrected chi connectivity index (χ3v) is 7.42. The highest BCUT2D eigenvalue weighted by Gasteiger charge is 2.50. The minimum atomic E-state index is -1.77. The Balaban J connectivity index is 1.49.